The number of hydrogen-bond acceptors (Lipinski definition) is 2. The first-order valence-electron chi connectivity index (χ1n) is 4.93. The van der Waals surface area contributed by atoms with Crippen LogP contribution >= 0.6 is 0 Å². The van der Waals surface area contributed by atoms with E-state index in [-0.39, 0.29) is 30.4 Å². The third kappa shape index (κ3) is 1.52. The average Bonchev–Trinajstić information content (AvgIpc) is 2.63. The molecule has 4 heteroatoms. The molecule has 0 bridgehead atoms. The zero-order valence-corrected chi connectivity index (χ0v) is 8.19. The molecule has 0 aromatic heterocycles. The Kier molecular flexibility index (Phi) is 2.27. The molecule has 1 saturated heterocycles. The summed E-state index contributed by atoms with van der Waals surface area (Å²) in [6.07, 6.45) is 5.89. The van der Waals surface area contributed by atoms with Crippen LogP contribution in [0.2, 0.25) is 0 Å². The Morgan fingerprint density at radius 3 is 2.64 bits per heavy atom. The standard InChI is InChI=1S/C10H14N2O2/c1-7-10(14)12(6-9(13)11-7)8-4-2-3-5-8/h2-3,7-8H,4-6H2,1H3,(H,11,13). The number of carbonyl (C=O) groups excluding carboxylic acids is 2. The van der Waals surface area contributed by atoms with Crippen LogP contribution in [0.5, 0.6) is 0 Å². The normalized spacial score (nSPS) is 28.4. The van der Waals surface area contributed by atoms with Crippen LogP contribution in [-0.2, 0) is 9.59 Å². The van der Waals surface area contributed by atoms with Gasteiger partial charge in [-0.15, -0.1) is 0 Å². The fraction of sp³-hybridized carbons (Fsp3) is 0.600. The van der Waals surface area contributed by atoms with Crippen molar-refractivity contribution in [2.45, 2.75) is 31.8 Å². The zero-order chi connectivity index (χ0) is 10.1. The van der Waals surface area contributed by atoms with Crippen LogP contribution in [0, 0.1) is 0 Å². The number of nitrogens with zero attached hydrogens (tertiary/aromatic N) is 1. The Labute approximate surface area is 83.0 Å². The minimum atomic E-state index is -0.364. The van der Waals surface area contributed by atoms with Crippen LogP contribution in [0.25, 0.3) is 0 Å². The van der Waals surface area contributed by atoms with E-state index in [1.807, 2.05) is 0 Å². The number of carbonyl (C=O) groups is 2. The van der Waals surface area contributed by atoms with Gasteiger partial charge in [-0.05, 0) is 19.8 Å². The van der Waals surface area contributed by atoms with Crippen molar-refractivity contribution in [2.24, 2.45) is 0 Å². The van der Waals surface area contributed by atoms with Crippen LogP contribution in [0.1, 0.15) is 19.8 Å². The lowest BCUT2D eigenvalue weighted by Crippen LogP contribution is -2.59. The van der Waals surface area contributed by atoms with Gasteiger partial charge < -0.3 is 10.2 Å². The second-order valence-electron chi connectivity index (χ2n) is 3.85. The van der Waals surface area contributed by atoms with Gasteiger partial charge in [0.05, 0.1) is 6.54 Å². The van der Waals surface area contributed by atoms with E-state index in [1.54, 1.807) is 11.8 Å². The molecule has 0 radical (unpaired) electrons. The van der Waals surface area contributed by atoms with Crippen LogP contribution in [-0.4, -0.2) is 35.3 Å². The highest BCUT2D eigenvalue weighted by Crippen LogP contribution is 2.19. The molecular formula is C10H14N2O2. The molecule has 2 aliphatic rings. The van der Waals surface area contributed by atoms with Crippen molar-refractivity contribution in [1.82, 2.24) is 10.2 Å². The molecule has 1 aliphatic carbocycles. The Hall–Kier alpha value is -1.32. The summed E-state index contributed by atoms with van der Waals surface area (Å²) in [7, 11) is 0. The Morgan fingerprint density at radius 1 is 1.36 bits per heavy atom. The summed E-state index contributed by atoms with van der Waals surface area (Å²) in [6, 6.07) is -0.159. The van der Waals surface area contributed by atoms with E-state index < -0.39 is 0 Å². The molecule has 1 unspecified atom stereocenters. The zero-order valence-electron chi connectivity index (χ0n) is 8.19. The molecule has 0 aromatic rings. The van der Waals surface area contributed by atoms with E-state index in [4.69, 9.17) is 0 Å². The molecule has 1 heterocycles. The topological polar surface area (TPSA) is 49.4 Å². The summed E-state index contributed by atoms with van der Waals surface area (Å²) < 4.78 is 0. The van der Waals surface area contributed by atoms with E-state index in [1.165, 1.54) is 0 Å². The van der Waals surface area contributed by atoms with Crippen LogP contribution < -0.4 is 5.32 Å². The predicted molar refractivity (Wildman–Crippen MR) is 51.5 cm³/mol. The average molecular weight is 194 g/mol. The van der Waals surface area contributed by atoms with Crippen molar-refractivity contribution in [3.63, 3.8) is 0 Å². The Balaban J connectivity index is 2.08. The second kappa shape index (κ2) is 3.44. The summed E-state index contributed by atoms with van der Waals surface area (Å²) in [5.41, 5.74) is 0. The molecule has 0 spiro atoms. The maximum Gasteiger partial charge on any atom is 0.245 e. The molecule has 14 heavy (non-hydrogen) atoms. The maximum atomic E-state index is 11.7. The molecule has 1 aliphatic heterocycles. The summed E-state index contributed by atoms with van der Waals surface area (Å²) in [5.74, 6) is -0.0118. The summed E-state index contributed by atoms with van der Waals surface area (Å²) in [6.45, 7) is 1.95. The smallest absolute Gasteiger partial charge is 0.245 e. The fourth-order valence-corrected chi connectivity index (χ4v) is 2.00. The number of hydrogen-bond donors (Lipinski definition) is 1. The summed E-state index contributed by atoms with van der Waals surface area (Å²) in [5, 5.41) is 2.63. The highest BCUT2D eigenvalue weighted by atomic mass is 16.2. The number of amides is 2. The summed E-state index contributed by atoms with van der Waals surface area (Å²) >= 11 is 0. The van der Waals surface area contributed by atoms with Crippen molar-refractivity contribution >= 4 is 11.8 Å². The lowest BCUT2D eigenvalue weighted by atomic mass is 10.1. The van der Waals surface area contributed by atoms with Gasteiger partial charge in [0.25, 0.3) is 0 Å². The Morgan fingerprint density at radius 2 is 2.00 bits per heavy atom. The summed E-state index contributed by atoms with van der Waals surface area (Å²) in [4.78, 5) is 24.7. The number of piperazine rings is 1. The van der Waals surface area contributed by atoms with Crippen LogP contribution in [0.15, 0.2) is 12.2 Å². The lowest BCUT2D eigenvalue weighted by Gasteiger charge is -2.35. The Bertz CT molecular complexity index is 290. The molecule has 2 amide bonds. The van der Waals surface area contributed by atoms with Crippen molar-refractivity contribution in [3.8, 4) is 0 Å². The fourth-order valence-electron chi connectivity index (χ4n) is 2.00. The van der Waals surface area contributed by atoms with Crippen molar-refractivity contribution in [3.05, 3.63) is 12.2 Å². The predicted octanol–water partition coefficient (Wildman–Crippen LogP) is 0.0519. The van der Waals surface area contributed by atoms with Gasteiger partial charge in [-0.2, -0.15) is 0 Å². The van der Waals surface area contributed by atoms with Gasteiger partial charge in [-0.25, -0.2) is 0 Å². The molecule has 2 rings (SSSR count). The van der Waals surface area contributed by atoms with Gasteiger partial charge >= 0.3 is 0 Å². The maximum absolute atomic E-state index is 11.7. The van der Waals surface area contributed by atoms with Gasteiger partial charge in [0.1, 0.15) is 6.04 Å². The lowest BCUT2D eigenvalue weighted by molar-refractivity contribution is -0.145. The molecule has 0 saturated carbocycles. The molecule has 4 nitrogen and oxygen atoms in total. The number of rotatable bonds is 1. The van der Waals surface area contributed by atoms with E-state index in [9.17, 15) is 9.59 Å². The molecule has 1 atom stereocenters. The first-order valence-corrected chi connectivity index (χ1v) is 4.93. The highest BCUT2D eigenvalue weighted by Gasteiger charge is 2.33. The van der Waals surface area contributed by atoms with Crippen molar-refractivity contribution in [2.75, 3.05) is 6.54 Å². The van der Waals surface area contributed by atoms with Gasteiger partial charge in [-0.1, -0.05) is 12.2 Å². The third-order valence-electron chi connectivity index (χ3n) is 2.77. The second-order valence-corrected chi connectivity index (χ2v) is 3.85. The van der Waals surface area contributed by atoms with Gasteiger partial charge in [0.2, 0.25) is 11.8 Å². The quantitative estimate of drug-likeness (QED) is 0.600. The number of nitrogens with one attached hydrogen (secondary N) is 1. The van der Waals surface area contributed by atoms with E-state index in [0.29, 0.717) is 0 Å². The van der Waals surface area contributed by atoms with E-state index in [2.05, 4.69) is 17.5 Å². The van der Waals surface area contributed by atoms with Crippen LogP contribution in [0.3, 0.4) is 0 Å². The monoisotopic (exact) mass is 194 g/mol. The van der Waals surface area contributed by atoms with E-state index in [0.717, 1.165) is 12.8 Å². The van der Waals surface area contributed by atoms with Gasteiger partial charge in [0.15, 0.2) is 0 Å². The SMILES string of the molecule is CC1NC(=O)CN(C2CC=CC2)C1=O. The first kappa shape index (κ1) is 9.24. The van der Waals surface area contributed by atoms with Crippen LogP contribution in [0.4, 0.5) is 0 Å². The molecule has 76 valence electrons. The largest absolute Gasteiger partial charge is 0.343 e. The minimum absolute atomic E-state index is 0.0401. The molecular weight excluding hydrogens is 180 g/mol. The minimum Gasteiger partial charge on any atom is -0.343 e. The molecule has 1 N–H and O–H groups in total. The highest BCUT2D eigenvalue weighted by molar-refractivity contribution is 5.94. The van der Waals surface area contributed by atoms with Crippen molar-refractivity contribution in [1.29, 1.82) is 0 Å². The van der Waals surface area contributed by atoms with E-state index >= 15 is 0 Å². The first-order chi connectivity index (χ1) is 6.68. The molecule has 0 aromatic carbocycles. The third-order valence-corrected chi connectivity index (χ3v) is 2.77. The molecule has 1 fully saturated rings. The van der Waals surface area contributed by atoms with Gasteiger partial charge in [-0.3, -0.25) is 9.59 Å². The van der Waals surface area contributed by atoms with Crippen molar-refractivity contribution < 1.29 is 9.59 Å². The van der Waals surface area contributed by atoms with Gasteiger partial charge in [0, 0.05) is 6.04 Å².